The smallest absolute Gasteiger partial charge is 0.272 e. The van der Waals surface area contributed by atoms with Crippen LogP contribution in [0.1, 0.15) is 24.2 Å². The summed E-state index contributed by atoms with van der Waals surface area (Å²) in [5.41, 5.74) is 0.616. The number of epoxide rings is 1. The van der Waals surface area contributed by atoms with Crippen LogP contribution in [0.2, 0.25) is 0 Å². The second kappa shape index (κ2) is 4.66. The standard InChI is InChI=1S/C14H17NO6/c1-7-8(15(16)17)5-6-9-10(7)11-12(20-11)14(2,21-9)13(18-3)19-4/h5-6,11-13H,1-4H3/t11-,12-,14-/m0/s1. The molecular formula is C14H17NO6. The summed E-state index contributed by atoms with van der Waals surface area (Å²) < 4.78 is 22.4. The third-order valence-electron chi connectivity index (χ3n) is 4.21. The molecular weight excluding hydrogens is 278 g/mol. The Morgan fingerprint density at radius 2 is 2.05 bits per heavy atom. The molecule has 1 saturated heterocycles. The van der Waals surface area contributed by atoms with Crippen molar-refractivity contribution in [2.45, 2.75) is 37.9 Å². The van der Waals surface area contributed by atoms with Gasteiger partial charge in [0.2, 0.25) is 0 Å². The van der Waals surface area contributed by atoms with Gasteiger partial charge in [-0.15, -0.1) is 0 Å². The lowest BCUT2D eigenvalue weighted by Gasteiger charge is -2.37. The van der Waals surface area contributed by atoms with E-state index in [1.807, 2.05) is 6.92 Å². The van der Waals surface area contributed by atoms with E-state index in [4.69, 9.17) is 18.9 Å². The molecule has 2 heterocycles. The highest BCUT2D eigenvalue weighted by Crippen LogP contribution is 2.57. The van der Waals surface area contributed by atoms with Gasteiger partial charge in [-0.05, 0) is 19.9 Å². The van der Waals surface area contributed by atoms with Crippen molar-refractivity contribution in [1.82, 2.24) is 0 Å². The molecule has 114 valence electrons. The second-order valence-electron chi connectivity index (χ2n) is 5.45. The first kappa shape index (κ1) is 14.2. The third-order valence-corrected chi connectivity index (χ3v) is 4.21. The van der Waals surface area contributed by atoms with Crippen LogP contribution in [0.5, 0.6) is 5.75 Å². The first-order valence-electron chi connectivity index (χ1n) is 6.62. The summed E-state index contributed by atoms with van der Waals surface area (Å²) in [6, 6.07) is 3.06. The van der Waals surface area contributed by atoms with E-state index in [0.717, 1.165) is 5.56 Å². The summed E-state index contributed by atoms with van der Waals surface area (Å²) in [6.07, 6.45) is -1.04. The molecule has 2 aliphatic heterocycles. The maximum Gasteiger partial charge on any atom is 0.272 e. The number of benzene rings is 1. The Labute approximate surface area is 121 Å². The largest absolute Gasteiger partial charge is 0.479 e. The summed E-state index contributed by atoms with van der Waals surface area (Å²) in [7, 11) is 3.08. The molecule has 7 heteroatoms. The van der Waals surface area contributed by atoms with Crippen LogP contribution in [0.25, 0.3) is 0 Å². The Kier molecular flexibility index (Phi) is 3.16. The molecule has 2 aliphatic rings. The molecule has 0 unspecified atom stereocenters. The van der Waals surface area contributed by atoms with Gasteiger partial charge in [-0.3, -0.25) is 10.1 Å². The molecule has 1 aromatic rings. The van der Waals surface area contributed by atoms with Crippen molar-refractivity contribution in [3.05, 3.63) is 33.4 Å². The number of hydrogen-bond donors (Lipinski definition) is 0. The summed E-state index contributed by atoms with van der Waals surface area (Å²) in [6.45, 7) is 3.57. The van der Waals surface area contributed by atoms with Crippen molar-refractivity contribution in [2.24, 2.45) is 0 Å². The Balaban J connectivity index is 2.04. The summed E-state index contributed by atoms with van der Waals surface area (Å²) in [5.74, 6) is 0.582. The summed E-state index contributed by atoms with van der Waals surface area (Å²) >= 11 is 0. The minimum Gasteiger partial charge on any atom is -0.479 e. The average Bonchev–Trinajstić information content (AvgIpc) is 3.20. The highest BCUT2D eigenvalue weighted by molar-refractivity contribution is 5.56. The van der Waals surface area contributed by atoms with Gasteiger partial charge in [-0.1, -0.05) is 0 Å². The van der Waals surface area contributed by atoms with Crippen molar-refractivity contribution in [3.8, 4) is 5.75 Å². The molecule has 21 heavy (non-hydrogen) atoms. The molecule has 7 nitrogen and oxygen atoms in total. The number of nitro benzene ring substituents is 1. The first-order chi connectivity index (χ1) is 9.93. The molecule has 0 aromatic heterocycles. The third kappa shape index (κ3) is 1.92. The number of nitrogens with zero attached hydrogens (tertiary/aromatic N) is 1. The maximum atomic E-state index is 11.0. The molecule has 0 saturated carbocycles. The predicted molar refractivity (Wildman–Crippen MR) is 72.3 cm³/mol. The van der Waals surface area contributed by atoms with Gasteiger partial charge in [0.1, 0.15) is 18.0 Å². The molecule has 0 N–H and O–H groups in total. The summed E-state index contributed by atoms with van der Waals surface area (Å²) in [5, 5.41) is 11.0. The number of nitro groups is 1. The van der Waals surface area contributed by atoms with E-state index in [9.17, 15) is 10.1 Å². The number of fused-ring (bicyclic) bond motifs is 3. The van der Waals surface area contributed by atoms with E-state index in [2.05, 4.69) is 0 Å². The van der Waals surface area contributed by atoms with E-state index in [0.29, 0.717) is 11.3 Å². The second-order valence-corrected chi connectivity index (χ2v) is 5.45. The van der Waals surface area contributed by atoms with Crippen LogP contribution in [-0.2, 0) is 14.2 Å². The molecule has 0 bridgehead atoms. The number of hydrogen-bond acceptors (Lipinski definition) is 6. The lowest BCUT2D eigenvalue weighted by molar-refractivity contribution is -0.385. The first-order valence-corrected chi connectivity index (χ1v) is 6.62. The molecule has 3 atom stereocenters. The molecule has 3 rings (SSSR count). The highest BCUT2D eigenvalue weighted by atomic mass is 16.7. The number of ether oxygens (including phenoxy) is 4. The van der Waals surface area contributed by atoms with E-state index >= 15 is 0 Å². The lowest BCUT2D eigenvalue weighted by atomic mass is 9.89. The van der Waals surface area contributed by atoms with Gasteiger partial charge in [-0.25, -0.2) is 0 Å². The monoisotopic (exact) mass is 295 g/mol. The topological polar surface area (TPSA) is 83.4 Å². The normalized spacial score (nSPS) is 29.6. The van der Waals surface area contributed by atoms with Crippen molar-refractivity contribution < 1.29 is 23.9 Å². The van der Waals surface area contributed by atoms with E-state index in [1.165, 1.54) is 20.3 Å². The Morgan fingerprint density at radius 1 is 1.38 bits per heavy atom. The van der Waals surface area contributed by atoms with Gasteiger partial charge in [0, 0.05) is 31.4 Å². The Morgan fingerprint density at radius 3 is 2.62 bits per heavy atom. The van der Waals surface area contributed by atoms with Gasteiger partial charge in [0.25, 0.3) is 5.69 Å². The minimum atomic E-state index is -0.788. The number of rotatable bonds is 4. The van der Waals surface area contributed by atoms with Crippen LogP contribution >= 0.6 is 0 Å². The molecule has 1 fully saturated rings. The average molecular weight is 295 g/mol. The van der Waals surface area contributed by atoms with Crippen LogP contribution in [0.3, 0.4) is 0 Å². The Hall–Kier alpha value is -1.70. The maximum absolute atomic E-state index is 11.0. The highest BCUT2D eigenvalue weighted by Gasteiger charge is 2.63. The van der Waals surface area contributed by atoms with Gasteiger partial charge < -0.3 is 18.9 Å². The molecule has 0 aliphatic carbocycles. The fourth-order valence-corrected chi connectivity index (χ4v) is 3.14. The molecule has 1 aromatic carbocycles. The van der Waals surface area contributed by atoms with E-state index in [-0.39, 0.29) is 17.9 Å². The van der Waals surface area contributed by atoms with Crippen LogP contribution in [-0.4, -0.2) is 37.1 Å². The quantitative estimate of drug-likeness (QED) is 0.366. The summed E-state index contributed by atoms with van der Waals surface area (Å²) in [4.78, 5) is 10.6. The molecule has 0 radical (unpaired) electrons. The van der Waals surface area contributed by atoms with Crippen molar-refractivity contribution in [3.63, 3.8) is 0 Å². The van der Waals surface area contributed by atoms with E-state index < -0.39 is 16.8 Å². The zero-order chi connectivity index (χ0) is 15.4. The van der Waals surface area contributed by atoms with Gasteiger partial charge in [-0.2, -0.15) is 0 Å². The van der Waals surface area contributed by atoms with Crippen LogP contribution in [0.15, 0.2) is 12.1 Å². The van der Waals surface area contributed by atoms with Crippen LogP contribution in [0, 0.1) is 17.0 Å². The zero-order valence-electron chi connectivity index (χ0n) is 12.3. The fraction of sp³-hybridized carbons (Fsp3) is 0.571. The van der Waals surface area contributed by atoms with Gasteiger partial charge in [0.15, 0.2) is 11.9 Å². The van der Waals surface area contributed by atoms with E-state index in [1.54, 1.807) is 13.0 Å². The SMILES string of the molecule is COC(OC)[C@@]1(C)Oc2ccc([N+](=O)[O-])c(C)c2[C@@H]2O[C@@H]21. The van der Waals surface area contributed by atoms with Crippen molar-refractivity contribution in [1.29, 1.82) is 0 Å². The van der Waals surface area contributed by atoms with Crippen molar-refractivity contribution in [2.75, 3.05) is 14.2 Å². The molecule has 0 amide bonds. The Bertz CT molecular complexity index is 599. The van der Waals surface area contributed by atoms with Gasteiger partial charge >= 0.3 is 0 Å². The van der Waals surface area contributed by atoms with Crippen LogP contribution < -0.4 is 4.74 Å². The van der Waals surface area contributed by atoms with Crippen molar-refractivity contribution >= 4 is 5.69 Å². The van der Waals surface area contributed by atoms with Crippen LogP contribution in [0.4, 0.5) is 5.69 Å². The molecule has 0 spiro atoms. The number of methoxy groups -OCH3 is 2. The lowest BCUT2D eigenvalue weighted by Crippen LogP contribution is -2.53. The van der Waals surface area contributed by atoms with Gasteiger partial charge in [0.05, 0.1) is 4.92 Å². The fourth-order valence-electron chi connectivity index (χ4n) is 3.14. The zero-order valence-corrected chi connectivity index (χ0v) is 12.3. The predicted octanol–water partition coefficient (Wildman–Crippen LogP) is 2.11. The minimum absolute atomic E-state index is 0.0743.